The summed E-state index contributed by atoms with van der Waals surface area (Å²) in [7, 11) is 1.34. The van der Waals surface area contributed by atoms with Crippen LogP contribution in [-0.2, 0) is 25.7 Å². The fourth-order valence-corrected chi connectivity index (χ4v) is 4.02. The highest BCUT2D eigenvalue weighted by atomic mass is 16.6. The van der Waals surface area contributed by atoms with E-state index >= 15 is 0 Å². The molecule has 1 aromatic carbocycles. The first-order valence-electron chi connectivity index (χ1n) is 10.8. The van der Waals surface area contributed by atoms with Crippen molar-refractivity contribution in [3.05, 3.63) is 35.9 Å². The van der Waals surface area contributed by atoms with Crippen molar-refractivity contribution in [1.29, 1.82) is 0 Å². The van der Waals surface area contributed by atoms with E-state index in [1.54, 1.807) is 0 Å². The number of hydrogen-bond donors (Lipinski definition) is 2. The van der Waals surface area contributed by atoms with Gasteiger partial charge in [0.05, 0.1) is 7.11 Å². The van der Waals surface area contributed by atoms with Crippen molar-refractivity contribution in [1.82, 2.24) is 10.2 Å². The Labute approximate surface area is 183 Å². The molecule has 1 fully saturated rings. The summed E-state index contributed by atoms with van der Waals surface area (Å²) in [5.74, 6) is -1.16. The molecule has 8 nitrogen and oxygen atoms in total. The second-order valence-electron chi connectivity index (χ2n) is 8.40. The lowest BCUT2D eigenvalue weighted by Gasteiger charge is -2.43. The molecule has 1 aromatic rings. The maximum absolute atomic E-state index is 12.8. The second kappa shape index (κ2) is 11.7. The minimum absolute atomic E-state index is 0.0862. The predicted molar refractivity (Wildman–Crippen MR) is 115 cm³/mol. The lowest BCUT2D eigenvalue weighted by atomic mass is 9.83. The van der Waals surface area contributed by atoms with Crippen LogP contribution in [0.5, 0.6) is 0 Å². The summed E-state index contributed by atoms with van der Waals surface area (Å²) in [6.07, 6.45) is 1.90. The van der Waals surface area contributed by atoms with Crippen molar-refractivity contribution in [2.45, 2.75) is 64.1 Å². The SMILES string of the molecule is COC(=O)[C@H](CC(C)C)NCC[C@]1(C(=O)O)CCCCN1C(=O)OCc1ccccc1. The van der Waals surface area contributed by atoms with Gasteiger partial charge in [-0.1, -0.05) is 44.2 Å². The van der Waals surface area contributed by atoms with Gasteiger partial charge in [0.1, 0.15) is 18.2 Å². The fourth-order valence-electron chi connectivity index (χ4n) is 4.02. The van der Waals surface area contributed by atoms with Crippen molar-refractivity contribution >= 4 is 18.0 Å². The van der Waals surface area contributed by atoms with Gasteiger partial charge in [-0.25, -0.2) is 9.59 Å². The van der Waals surface area contributed by atoms with Gasteiger partial charge in [-0.3, -0.25) is 9.69 Å². The number of nitrogens with one attached hydrogen (secondary N) is 1. The third-order valence-electron chi connectivity index (χ3n) is 5.68. The van der Waals surface area contributed by atoms with Crippen molar-refractivity contribution in [2.75, 3.05) is 20.2 Å². The molecular weight excluding hydrogens is 400 g/mol. The van der Waals surface area contributed by atoms with Crippen LogP contribution in [0.3, 0.4) is 0 Å². The molecule has 2 rings (SSSR count). The first kappa shape index (κ1) is 24.7. The van der Waals surface area contributed by atoms with Crippen LogP contribution in [0.15, 0.2) is 30.3 Å². The van der Waals surface area contributed by atoms with Gasteiger partial charge >= 0.3 is 18.0 Å². The van der Waals surface area contributed by atoms with Crippen LogP contribution in [-0.4, -0.2) is 59.8 Å². The summed E-state index contributed by atoms with van der Waals surface area (Å²) < 4.78 is 10.3. The summed E-state index contributed by atoms with van der Waals surface area (Å²) in [5.41, 5.74) is -0.526. The van der Waals surface area contributed by atoms with E-state index in [1.807, 2.05) is 44.2 Å². The Morgan fingerprint density at radius 1 is 1.19 bits per heavy atom. The normalized spacial score (nSPS) is 19.7. The zero-order valence-electron chi connectivity index (χ0n) is 18.6. The van der Waals surface area contributed by atoms with E-state index in [0.717, 1.165) is 12.0 Å². The van der Waals surface area contributed by atoms with Gasteiger partial charge in [-0.05, 0) is 50.1 Å². The van der Waals surface area contributed by atoms with Gasteiger partial charge in [-0.2, -0.15) is 0 Å². The lowest BCUT2D eigenvalue weighted by Crippen LogP contribution is -2.60. The number of ether oxygens (including phenoxy) is 2. The summed E-state index contributed by atoms with van der Waals surface area (Å²) in [5, 5.41) is 13.2. The first-order valence-corrected chi connectivity index (χ1v) is 10.8. The number of amides is 1. The molecule has 31 heavy (non-hydrogen) atoms. The summed E-state index contributed by atoms with van der Waals surface area (Å²) in [6.45, 7) is 4.68. The Morgan fingerprint density at radius 2 is 1.90 bits per heavy atom. The van der Waals surface area contributed by atoms with Crippen LogP contribution in [0.1, 0.15) is 51.5 Å². The van der Waals surface area contributed by atoms with Gasteiger partial charge in [0.15, 0.2) is 0 Å². The summed E-state index contributed by atoms with van der Waals surface area (Å²) >= 11 is 0. The third-order valence-corrected chi connectivity index (χ3v) is 5.68. The van der Waals surface area contributed by atoms with Gasteiger partial charge < -0.3 is 19.9 Å². The van der Waals surface area contributed by atoms with Crippen molar-refractivity contribution in [3.63, 3.8) is 0 Å². The summed E-state index contributed by atoms with van der Waals surface area (Å²) in [4.78, 5) is 38.6. The largest absolute Gasteiger partial charge is 0.479 e. The molecular formula is C23H34N2O6. The van der Waals surface area contributed by atoms with Crippen LogP contribution in [0, 0.1) is 5.92 Å². The summed E-state index contributed by atoms with van der Waals surface area (Å²) in [6, 6.07) is 8.76. The van der Waals surface area contributed by atoms with Crippen LogP contribution in [0.2, 0.25) is 0 Å². The fraction of sp³-hybridized carbons (Fsp3) is 0.609. The van der Waals surface area contributed by atoms with E-state index in [1.165, 1.54) is 12.0 Å². The highest BCUT2D eigenvalue weighted by Crippen LogP contribution is 2.32. The number of nitrogens with zero attached hydrogens (tertiary/aromatic N) is 1. The number of benzene rings is 1. The Bertz CT molecular complexity index is 739. The number of piperidine rings is 1. The molecule has 2 N–H and O–H groups in total. The number of carbonyl (C=O) groups excluding carboxylic acids is 2. The smallest absolute Gasteiger partial charge is 0.411 e. The molecule has 8 heteroatoms. The minimum Gasteiger partial charge on any atom is -0.479 e. The predicted octanol–water partition coefficient (Wildman–Crippen LogP) is 3.20. The quantitative estimate of drug-likeness (QED) is 0.545. The average molecular weight is 435 g/mol. The van der Waals surface area contributed by atoms with Crippen LogP contribution in [0.4, 0.5) is 4.79 Å². The molecule has 1 aliphatic heterocycles. The molecule has 0 unspecified atom stereocenters. The topological polar surface area (TPSA) is 105 Å². The molecule has 1 heterocycles. The second-order valence-corrected chi connectivity index (χ2v) is 8.40. The maximum Gasteiger partial charge on any atom is 0.411 e. The van der Waals surface area contributed by atoms with Crippen LogP contribution >= 0.6 is 0 Å². The van der Waals surface area contributed by atoms with Gasteiger partial charge in [0.2, 0.25) is 0 Å². The van der Waals surface area contributed by atoms with Gasteiger partial charge in [0, 0.05) is 6.54 Å². The van der Waals surface area contributed by atoms with Gasteiger partial charge in [-0.15, -0.1) is 0 Å². The number of carboxylic acid groups (broad SMARTS) is 1. The molecule has 0 bridgehead atoms. The molecule has 1 saturated heterocycles. The van der Waals surface area contributed by atoms with Crippen LogP contribution < -0.4 is 5.32 Å². The molecule has 0 aliphatic carbocycles. The molecule has 1 amide bonds. The zero-order valence-corrected chi connectivity index (χ0v) is 18.6. The number of likely N-dealkylation sites (tertiary alicyclic amines) is 1. The highest BCUT2D eigenvalue weighted by Gasteiger charge is 2.48. The van der Waals surface area contributed by atoms with E-state index < -0.39 is 23.6 Å². The lowest BCUT2D eigenvalue weighted by molar-refractivity contribution is -0.153. The molecule has 2 atom stereocenters. The Morgan fingerprint density at radius 3 is 2.52 bits per heavy atom. The van der Waals surface area contributed by atoms with Crippen molar-refractivity contribution in [3.8, 4) is 0 Å². The number of carboxylic acids is 1. The molecule has 1 aliphatic rings. The Hall–Kier alpha value is -2.61. The number of hydrogen-bond acceptors (Lipinski definition) is 6. The van der Waals surface area contributed by atoms with E-state index in [0.29, 0.717) is 25.8 Å². The number of rotatable bonds is 10. The zero-order chi connectivity index (χ0) is 22.9. The molecule has 0 saturated carbocycles. The number of carbonyl (C=O) groups is 3. The minimum atomic E-state index is -1.36. The number of esters is 1. The molecule has 0 aromatic heterocycles. The van der Waals surface area contributed by atoms with Crippen LogP contribution in [0.25, 0.3) is 0 Å². The Balaban J connectivity index is 2.07. The van der Waals surface area contributed by atoms with Gasteiger partial charge in [0.25, 0.3) is 0 Å². The van der Waals surface area contributed by atoms with E-state index in [2.05, 4.69) is 5.32 Å². The highest BCUT2D eigenvalue weighted by molar-refractivity contribution is 5.84. The Kier molecular flexibility index (Phi) is 9.30. The first-order chi connectivity index (χ1) is 14.8. The van der Waals surface area contributed by atoms with E-state index in [4.69, 9.17) is 9.47 Å². The number of methoxy groups -OCH3 is 1. The maximum atomic E-state index is 12.8. The molecule has 172 valence electrons. The average Bonchev–Trinajstić information content (AvgIpc) is 2.76. The van der Waals surface area contributed by atoms with E-state index in [-0.39, 0.29) is 31.5 Å². The van der Waals surface area contributed by atoms with Crippen molar-refractivity contribution < 1.29 is 29.0 Å². The monoisotopic (exact) mass is 434 g/mol. The third kappa shape index (κ3) is 6.69. The standard InChI is InChI=1S/C23H34N2O6/c1-17(2)15-19(20(26)30-3)24-13-12-23(21(27)28)11-7-8-14-25(23)22(29)31-16-18-9-5-4-6-10-18/h4-6,9-10,17,19,24H,7-8,11-16H2,1-3H3,(H,27,28)/t19-,23-/m0/s1. The van der Waals surface area contributed by atoms with E-state index in [9.17, 15) is 19.5 Å². The molecule has 0 radical (unpaired) electrons. The molecule has 0 spiro atoms. The van der Waals surface area contributed by atoms with Crippen molar-refractivity contribution in [2.24, 2.45) is 5.92 Å². The number of aliphatic carboxylic acids is 1.